The Kier molecular flexibility index (Phi) is 9.41. The number of hydrogen-bond acceptors (Lipinski definition) is 6. The molecule has 210 valence electrons. The summed E-state index contributed by atoms with van der Waals surface area (Å²) in [6, 6.07) is 11.2. The average molecular weight is 659 g/mol. The van der Waals surface area contributed by atoms with E-state index >= 15 is 0 Å². The molecule has 0 aliphatic carbocycles. The smallest absolute Gasteiger partial charge is 0.251 e. The number of benzene rings is 3. The number of aryl methyl sites for hydroxylation is 2. The minimum absolute atomic E-state index is 0.103. The number of nitrogens with one attached hydrogen (secondary N) is 3. The molecule has 2 atom stereocenters. The molecule has 8 nitrogen and oxygen atoms in total. The molecule has 3 aromatic rings. The second-order valence-electron chi connectivity index (χ2n) is 9.81. The van der Waals surface area contributed by atoms with Crippen molar-refractivity contribution in [3.63, 3.8) is 0 Å². The zero-order chi connectivity index (χ0) is 29.0. The molecular weight excluding hydrogens is 628 g/mol. The molecular formula is C30H31FIN3O5. The van der Waals surface area contributed by atoms with Crippen LogP contribution in [0, 0.1) is 23.2 Å². The van der Waals surface area contributed by atoms with Crippen molar-refractivity contribution in [1.29, 1.82) is 0 Å². The monoisotopic (exact) mass is 659 g/mol. The van der Waals surface area contributed by atoms with Gasteiger partial charge in [0.15, 0.2) is 17.3 Å². The maximum absolute atomic E-state index is 14.7. The van der Waals surface area contributed by atoms with E-state index in [0.29, 0.717) is 24.1 Å². The lowest BCUT2D eigenvalue weighted by molar-refractivity contribution is 0.0882. The molecule has 1 aliphatic heterocycles. The molecule has 0 radical (unpaired) electrons. The third-order valence-electron chi connectivity index (χ3n) is 6.99. The van der Waals surface area contributed by atoms with Gasteiger partial charge in [0.25, 0.3) is 11.8 Å². The number of methoxy groups -OCH3 is 1. The summed E-state index contributed by atoms with van der Waals surface area (Å²) in [4.78, 5) is 39.2. The fourth-order valence-corrected chi connectivity index (χ4v) is 5.10. The molecule has 0 unspecified atom stereocenters. The number of rotatable bonds is 7. The van der Waals surface area contributed by atoms with Crippen LogP contribution in [-0.2, 0) is 0 Å². The van der Waals surface area contributed by atoms with Crippen molar-refractivity contribution in [2.24, 2.45) is 0 Å². The van der Waals surface area contributed by atoms with E-state index in [1.54, 1.807) is 0 Å². The van der Waals surface area contributed by atoms with E-state index < -0.39 is 22.9 Å². The minimum atomic E-state index is -0.958. The Bertz CT molecular complexity index is 1420. The average Bonchev–Trinajstić information content (AvgIpc) is 3.16. The van der Waals surface area contributed by atoms with Crippen LogP contribution in [0.4, 0.5) is 4.39 Å². The summed E-state index contributed by atoms with van der Waals surface area (Å²) >= 11 is 2.26. The summed E-state index contributed by atoms with van der Waals surface area (Å²) < 4.78 is 20.7. The summed E-state index contributed by atoms with van der Waals surface area (Å²) in [5.41, 5.74) is 2.54. The van der Waals surface area contributed by atoms with Crippen LogP contribution in [-0.4, -0.2) is 55.0 Å². The van der Waals surface area contributed by atoms with Gasteiger partial charge < -0.3 is 25.8 Å². The summed E-state index contributed by atoms with van der Waals surface area (Å²) in [6.45, 7) is 5.21. The zero-order valence-corrected chi connectivity index (χ0v) is 24.6. The van der Waals surface area contributed by atoms with Gasteiger partial charge >= 0.3 is 0 Å². The summed E-state index contributed by atoms with van der Waals surface area (Å²) in [6.07, 6.45) is 1.49. The Morgan fingerprint density at radius 3 is 2.20 bits per heavy atom. The van der Waals surface area contributed by atoms with Crippen molar-refractivity contribution in [2.75, 3.05) is 20.2 Å². The highest BCUT2D eigenvalue weighted by Gasteiger charge is 2.28. The largest absolute Gasteiger partial charge is 0.507 e. The van der Waals surface area contributed by atoms with Crippen molar-refractivity contribution in [1.82, 2.24) is 16.0 Å². The van der Waals surface area contributed by atoms with E-state index in [9.17, 15) is 23.9 Å². The van der Waals surface area contributed by atoms with Crippen LogP contribution in [0.5, 0.6) is 11.5 Å². The fraction of sp³-hybridized carbons (Fsp3) is 0.300. The fourth-order valence-electron chi connectivity index (χ4n) is 4.79. The van der Waals surface area contributed by atoms with Crippen molar-refractivity contribution >= 4 is 40.2 Å². The van der Waals surface area contributed by atoms with Gasteiger partial charge in [-0.3, -0.25) is 14.4 Å². The molecule has 40 heavy (non-hydrogen) atoms. The van der Waals surface area contributed by atoms with Gasteiger partial charge in [-0.15, -0.1) is 0 Å². The normalized spacial score (nSPS) is 17.0. The number of ether oxygens (including phenoxy) is 1. The maximum Gasteiger partial charge on any atom is 0.251 e. The first-order valence-corrected chi connectivity index (χ1v) is 14.0. The first kappa shape index (κ1) is 29.5. The number of halogens is 2. The quantitative estimate of drug-likeness (QED) is 0.223. The second kappa shape index (κ2) is 12.8. The highest BCUT2D eigenvalue weighted by molar-refractivity contribution is 14.1. The second-order valence-corrected chi connectivity index (χ2v) is 10.9. The van der Waals surface area contributed by atoms with Gasteiger partial charge in [0.05, 0.1) is 19.2 Å². The molecule has 1 saturated heterocycles. The van der Waals surface area contributed by atoms with Gasteiger partial charge in [0.2, 0.25) is 0 Å². The third-order valence-corrected chi connectivity index (χ3v) is 8.69. The van der Waals surface area contributed by atoms with Crippen LogP contribution in [0.15, 0.2) is 48.5 Å². The first-order valence-electron chi connectivity index (χ1n) is 12.9. The van der Waals surface area contributed by atoms with Crippen LogP contribution in [0.3, 0.4) is 0 Å². The summed E-state index contributed by atoms with van der Waals surface area (Å²) in [5, 5.41) is 19.5. The van der Waals surface area contributed by atoms with Gasteiger partial charge in [-0.05, 0) is 103 Å². The van der Waals surface area contributed by atoms with Crippen LogP contribution in [0.25, 0.3) is 0 Å². The van der Waals surface area contributed by atoms with Crippen LogP contribution >= 0.6 is 22.6 Å². The van der Waals surface area contributed by atoms with Crippen molar-refractivity contribution in [3.05, 3.63) is 91.3 Å². The number of amides is 2. The van der Waals surface area contributed by atoms with E-state index in [4.69, 9.17) is 4.74 Å². The van der Waals surface area contributed by atoms with E-state index in [1.807, 2.05) is 26.0 Å². The molecule has 0 spiro atoms. The van der Waals surface area contributed by atoms with Crippen molar-refractivity contribution < 1.29 is 28.6 Å². The number of phenols is 1. The van der Waals surface area contributed by atoms with Crippen molar-refractivity contribution in [3.8, 4) is 11.5 Å². The molecule has 0 saturated carbocycles. The molecule has 1 fully saturated rings. The molecule has 10 heteroatoms. The van der Waals surface area contributed by atoms with Gasteiger partial charge in [0.1, 0.15) is 11.3 Å². The molecule has 0 bridgehead atoms. The van der Waals surface area contributed by atoms with E-state index in [0.717, 1.165) is 27.7 Å². The number of aromatic hydroxyl groups is 1. The Morgan fingerprint density at radius 1 is 0.950 bits per heavy atom. The predicted molar refractivity (Wildman–Crippen MR) is 158 cm³/mol. The van der Waals surface area contributed by atoms with E-state index in [-0.39, 0.29) is 35.2 Å². The maximum atomic E-state index is 14.7. The SMILES string of the molecule is COc1ccc(O)c(C(=O)c2ccc(C(=O)N[C@@H]3CCCNC[C@H]3NC(=O)c3cc(C)c(I)c(C)c3)cc2)c1F. The van der Waals surface area contributed by atoms with Crippen LogP contribution < -0.4 is 20.7 Å². The lowest BCUT2D eigenvalue weighted by Crippen LogP contribution is -2.54. The lowest BCUT2D eigenvalue weighted by atomic mass is 9.99. The molecule has 2 amide bonds. The summed E-state index contributed by atoms with van der Waals surface area (Å²) in [5.74, 6) is -2.92. The topological polar surface area (TPSA) is 117 Å². The van der Waals surface area contributed by atoms with Gasteiger partial charge in [0, 0.05) is 26.8 Å². The Labute approximate surface area is 245 Å². The molecule has 4 N–H and O–H groups in total. The number of carbonyl (C=O) groups excluding carboxylic acids is 3. The molecule has 1 heterocycles. The predicted octanol–water partition coefficient (Wildman–Crippen LogP) is 4.27. The third kappa shape index (κ3) is 6.44. The van der Waals surface area contributed by atoms with E-state index in [2.05, 4.69) is 38.5 Å². The minimum Gasteiger partial charge on any atom is -0.507 e. The highest BCUT2D eigenvalue weighted by Crippen LogP contribution is 2.30. The molecule has 1 aliphatic rings. The lowest BCUT2D eigenvalue weighted by Gasteiger charge is -2.27. The standard InChI is InChI=1S/C30H31FIN3O5/c1-16-13-20(14-17(2)27(16)32)30(39)35-22-15-33-12-4-5-21(22)34-29(38)19-8-6-18(7-9-19)28(37)25-23(36)10-11-24(40-3)26(25)31/h6-11,13-14,21-22,33,36H,4-5,12,15H2,1-3H3,(H,34,38)(H,35,39)/t21-,22-/m1/s1. The molecule has 0 aromatic heterocycles. The Morgan fingerprint density at radius 2 is 1.55 bits per heavy atom. The first-order chi connectivity index (χ1) is 19.1. The Balaban J connectivity index is 1.48. The van der Waals surface area contributed by atoms with Gasteiger partial charge in [-0.1, -0.05) is 12.1 Å². The molecule has 3 aromatic carbocycles. The summed E-state index contributed by atoms with van der Waals surface area (Å²) in [7, 11) is 1.27. The number of carbonyl (C=O) groups is 3. The van der Waals surface area contributed by atoms with Gasteiger partial charge in [-0.25, -0.2) is 4.39 Å². The number of phenolic OH excluding ortho intramolecular Hbond substituents is 1. The van der Waals surface area contributed by atoms with Gasteiger partial charge in [-0.2, -0.15) is 0 Å². The highest BCUT2D eigenvalue weighted by atomic mass is 127. The van der Waals surface area contributed by atoms with E-state index in [1.165, 1.54) is 43.5 Å². The zero-order valence-electron chi connectivity index (χ0n) is 22.4. The molecule has 4 rings (SSSR count). The number of hydrogen-bond donors (Lipinski definition) is 4. The number of ketones is 1. The van der Waals surface area contributed by atoms with Crippen LogP contribution in [0.2, 0.25) is 0 Å². The van der Waals surface area contributed by atoms with Crippen molar-refractivity contribution in [2.45, 2.75) is 38.8 Å². The van der Waals surface area contributed by atoms with Crippen LogP contribution in [0.1, 0.15) is 60.6 Å². The Hall–Kier alpha value is -3.51.